The molecular weight excluding hydrogens is 204 g/mol. The fraction of sp³-hybridized carbons (Fsp3) is 1.00. The summed E-state index contributed by atoms with van der Waals surface area (Å²) in [7, 11) is 0. The van der Waals surface area contributed by atoms with Crippen molar-refractivity contribution >= 4 is 0 Å². The van der Waals surface area contributed by atoms with Crippen molar-refractivity contribution in [3.05, 3.63) is 0 Å². The molecule has 0 aromatic carbocycles. The van der Waals surface area contributed by atoms with E-state index in [2.05, 4.69) is 4.90 Å². The SMILES string of the molecule is NC1(C2(O)CN3CCC2CC3)CCOCC1. The summed E-state index contributed by atoms with van der Waals surface area (Å²) in [5.74, 6) is 0.403. The number of hydrogen-bond acceptors (Lipinski definition) is 4. The van der Waals surface area contributed by atoms with Gasteiger partial charge in [0.25, 0.3) is 0 Å². The Hall–Kier alpha value is -0.160. The van der Waals surface area contributed by atoms with E-state index in [1.54, 1.807) is 0 Å². The van der Waals surface area contributed by atoms with Crippen LogP contribution in [0, 0.1) is 5.92 Å². The normalized spacial score (nSPS) is 46.9. The van der Waals surface area contributed by atoms with E-state index < -0.39 is 11.1 Å². The molecule has 2 bridgehead atoms. The predicted octanol–water partition coefficient (Wildman–Crippen LogP) is -0.0490. The van der Waals surface area contributed by atoms with Crippen LogP contribution in [0.5, 0.6) is 0 Å². The lowest BCUT2D eigenvalue weighted by Gasteiger charge is -2.58. The van der Waals surface area contributed by atoms with Crippen LogP contribution in [0.4, 0.5) is 0 Å². The summed E-state index contributed by atoms with van der Waals surface area (Å²) in [4.78, 5) is 2.37. The number of nitrogens with two attached hydrogens (primary N) is 1. The molecule has 0 aromatic rings. The van der Waals surface area contributed by atoms with Gasteiger partial charge in [0.2, 0.25) is 0 Å². The topological polar surface area (TPSA) is 58.7 Å². The number of ether oxygens (including phenoxy) is 1. The van der Waals surface area contributed by atoms with Gasteiger partial charge >= 0.3 is 0 Å². The molecule has 0 amide bonds. The molecule has 4 aliphatic rings. The van der Waals surface area contributed by atoms with Crippen LogP contribution in [0.3, 0.4) is 0 Å². The Balaban J connectivity index is 1.86. The fourth-order valence-electron chi connectivity index (χ4n) is 3.77. The van der Waals surface area contributed by atoms with E-state index in [9.17, 15) is 5.11 Å². The third kappa shape index (κ3) is 1.44. The first-order valence-corrected chi connectivity index (χ1v) is 6.45. The summed E-state index contributed by atoms with van der Waals surface area (Å²) in [6.45, 7) is 4.45. The molecular formula is C12H22N2O2. The van der Waals surface area contributed by atoms with E-state index in [-0.39, 0.29) is 0 Å². The van der Waals surface area contributed by atoms with E-state index in [1.807, 2.05) is 0 Å². The summed E-state index contributed by atoms with van der Waals surface area (Å²) in [6, 6.07) is 0. The van der Waals surface area contributed by atoms with Gasteiger partial charge in [-0.15, -0.1) is 0 Å². The molecule has 4 fully saturated rings. The van der Waals surface area contributed by atoms with Gasteiger partial charge in [-0.2, -0.15) is 0 Å². The zero-order valence-corrected chi connectivity index (χ0v) is 9.82. The smallest absolute Gasteiger partial charge is 0.0982 e. The first-order chi connectivity index (χ1) is 7.64. The molecule has 0 aromatic heterocycles. The van der Waals surface area contributed by atoms with Gasteiger partial charge < -0.3 is 20.5 Å². The predicted molar refractivity (Wildman–Crippen MR) is 61.1 cm³/mol. The van der Waals surface area contributed by atoms with E-state index in [0.29, 0.717) is 19.1 Å². The Morgan fingerprint density at radius 1 is 1.19 bits per heavy atom. The molecule has 4 heteroatoms. The van der Waals surface area contributed by atoms with Crippen molar-refractivity contribution < 1.29 is 9.84 Å². The van der Waals surface area contributed by atoms with Crippen molar-refractivity contribution in [3.63, 3.8) is 0 Å². The second-order valence-corrected chi connectivity index (χ2v) is 5.74. The molecule has 16 heavy (non-hydrogen) atoms. The second-order valence-electron chi connectivity index (χ2n) is 5.74. The molecule has 1 atom stereocenters. The summed E-state index contributed by atoms with van der Waals surface area (Å²) in [5.41, 5.74) is 5.40. The Bertz CT molecular complexity index is 270. The van der Waals surface area contributed by atoms with Gasteiger partial charge in [-0.05, 0) is 44.7 Å². The van der Waals surface area contributed by atoms with Crippen molar-refractivity contribution in [3.8, 4) is 0 Å². The Kier molecular flexibility index (Phi) is 2.51. The molecule has 0 saturated carbocycles. The van der Waals surface area contributed by atoms with Gasteiger partial charge in [-0.25, -0.2) is 0 Å². The molecule has 1 unspecified atom stereocenters. The monoisotopic (exact) mass is 226 g/mol. The molecule has 0 radical (unpaired) electrons. The Morgan fingerprint density at radius 3 is 2.31 bits per heavy atom. The number of rotatable bonds is 1. The number of fused-ring (bicyclic) bond motifs is 3. The van der Waals surface area contributed by atoms with Crippen LogP contribution < -0.4 is 5.73 Å². The quantitative estimate of drug-likeness (QED) is 0.658. The maximum absolute atomic E-state index is 11.0. The van der Waals surface area contributed by atoms with E-state index in [4.69, 9.17) is 10.5 Å². The number of piperidine rings is 3. The van der Waals surface area contributed by atoms with Crippen molar-refractivity contribution in [2.45, 2.75) is 36.8 Å². The van der Waals surface area contributed by atoms with Crippen molar-refractivity contribution in [1.29, 1.82) is 0 Å². The summed E-state index contributed by atoms with van der Waals surface area (Å²) in [6.07, 6.45) is 3.81. The zero-order valence-electron chi connectivity index (χ0n) is 9.82. The number of hydrogen-bond donors (Lipinski definition) is 2. The van der Waals surface area contributed by atoms with Crippen molar-refractivity contribution in [2.24, 2.45) is 11.7 Å². The Labute approximate surface area is 96.7 Å². The highest BCUT2D eigenvalue weighted by atomic mass is 16.5. The van der Waals surface area contributed by atoms with Crippen LogP contribution in [-0.2, 0) is 4.74 Å². The molecule has 92 valence electrons. The van der Waals surface area contributed by atoms with Crippen LogP contribution in [0.15, 0.2) is 0 Å². The highest BCUT2D eigenvalue weighted by Gasteiger charge is 2.56. The molecule has 0 spiro atoms. The number of nitrogens with zero attached hydrogens (tertiary/aromatic N) is 1. The first-order valence-electron chi connectivity index (χ1n) is 6.45. The highest BCUT2D eigenvalue weighted by molar-refractivity contribution is 5.13. The van der Waals surface area contributed by atoms with Gasteiger partial charge in [-0.1, -0.05) is 0 Å². The van der Waals surface area contributed by atoms with Crippen LogP contribution >= 0.6 is 0 Å². The average Bonchev–Trinajstić information content (AvgIpc) is 2.31. The van der Waals surface area contributed by atoms with Gasteiger partial charge in [-0.3, -0.25) is 0 Å². The van der Waals surface area contributed by atoms with Crippen LogP contribution in [0.1, 0.15) is 25.7 Å². The molecule has 0 aliphatic carbocycles. The third-order valence-corrected chi connectivity index (χ3v) is 4.97. The fourth-order valence-corrected chi connectivity index (χ4v) is 3.77. The molecule has 3 N–H and O–H groups in total. The van der Waals surface area contributed by atoms with Gasteiger partial charge in [0.05, 0.1) is 11.1 Å². The summed E-state index contributed by atoms with van der Waals surface area (Å²) < 4.78 is 5.38. The minimum absolute atomic E-state index is 0.403. The van der Waals surface area contributed by atoms with Gasteiger partial charge in [0.1, 0.15) is 0 Å². The summed E-state index contributed by atoms with van der Waals surface area (Å²) >= 11 is 0. The standard InChI is InChI=1S/C12H22N2O2/c13-11(3-7-16-8-4-11)12(15)9-14-5-1-10(12)2-6-14/h10,15H,1-9,13H2. The molecule has 4 heterocycles. The zero-order chi connectivity index (χ0) is 11.2. The highest BCUT2D eigenvalue weighted by Crippen LogP contribution is 2.44. The van der Waals surface area contributed by atoms with Crippen molar-refractivity contribution in [2.75, 3.05) is 32.8 Å². The third-order valence-electron chi connectivity index (χ3n) is 4.97. The van der Waals surface area contributed by atoms with Gasteiger partial charge in [0.15, 0.2) is 0 Å². The van der Waals surface area contributed by atoms with E-state index in [0.717, 1.165) is 45.3 Å². The number of aliphatic hydroxyl groups is 1. The lowest BCUT2D eigenvalue weighted by Crippen LogP contribution is -2.74. The lowest BCUT2D eigenvalue weighted by atomic mass is 9.62. The van der Waals surface area contributed by atoms with E-state index in [1.165, 1.54) is 0 Å². The second kappa shape index (κ2) is 3.67. The van der Waals surface area contributed by atoms with Crippen LogP contribution in [0.25, 0.3) is 0 Å². The van der Waals surface area contributed by atoms with Gasteiger partial charge in [0, 0.05) is 19.8 Å². The average molecular weight is 226 g/mol. The minimum Gasteiger partial charge on any atom is -0.386 e. The lowest BCUT2D eigenvalue weighted by molar-refractivity contribution is -0.174. The maximum atomic E-state index is 11.0. The summed E-state index contributed by atoms with van der Waals surface area (Å²) in [5, 5.41) is 11.0. The molecule has 4 saturated heterocycles. The molecule has 4 rings (SSSR count). The largest absolute Gasteiger partial charge is 0.386 e. The van der Waals surface area contributed by atoms with E-state index >= 15 is 0 Å². The minimum atomic E-state index is -0.673. The van der Waals surface area contributed by atoms with Crippen LogP contribution in [-0.4, -0.2) is 54.0 Å². The van der Waals surface area contributed by atoms with Crippen LogP contribution in [0.2, 0.25) is 0 Å². The van der Waals surface area contributed by atoms with Crippen molar-refractivity contribution in [1.82, 2.24) is 4.90 Å². The first kappa shape index (κ1) is 11.0. The molecule has 4 aliphatic heterocycles. The maximum Gasteiger partial charge on any atom is 0.0982 e. The molecule has 4 nitrogen and oxygen atoms in total. The Morgan fingerprint density at radius 2 is 1.81 bits per heavy atom.